The number of carbonyl (C=O) groups excluding carboxylic acids is 1. The van der Waals surface area contributed by atoms with Crippen LogP contribution in [0.25, 0.3) is 0 Å². The number of hydrogen-bond donors (Lipinski definition) is 0. The van der Waals surface area contributed by atoms with Gasteiger partial charge in [0.25, 0.3) is 0 Å². The lowest BCUT2D eigenvalue weighted by molar-refractivity contribution is 0.0992. The highest BCUT2D eigenvalue weighted by molar-refractivity contribution is 9.09. The van der Waals surface area contributed by atoms with Crippen molar-refractivity contribution in [2.24, 2.45) is 0 Å². The maximum Gasteiger partial charge on any atom is 0.181 e. The van der Waals surface area contributed by atoms with E-state index in [-0.39, 0.29) is 10.6 Å². The van der Waals surface area contributed by atoms with E-state index in [1.165, 1.54) is 5.56 Å². The molecule has 0 bridgehead atoms. The minimum atomic E-state index is -0.276. The predicted octanol–water partition coefficient (Wildman–Crippen LogP) is 5.03. The van der Waals surface area contributed by atoms with E-state index in [1.807, 2.05) is 18.4 Å². The molecule has 17 heavy (non-hydrogen) atoms. The Morgan fingerprint density at radius 3 is 2.53 bits per heavy atom. The number of benzene rings is 1. The number of ketones is 1. The van der Waals surface area contributed by atoms with Crippen molar-refractivity contribution >= 4 is 44.7 Å². The van der Waals surface area contributed by atoms with Crippen molar-refractivity contribution in [3.05, 3.63) is 56.7 Å². The molecular weight excluding hydrogens is 320 g/mol. The van der Waals surface area contributed by atoms with E-state index in [1.54, 1.807) is 35.6 Å². The third-order valence-electron chi connectivity index (χ3n) is 2.36. The smallest absolute Gasteiger partial charge is 0.181 e. The monoisotopic (exact) mass is 328 g/mol. The molecule has 2 rings (SSSR count). The zero-order valence-corrected chi connectivity index (χ0v) is 12.3. The fourth-order valence-electron chi connectivity index (χ4n) is 1.48. The zero-order chi connectivity index (χ0) is 12.4. The largest absolute Gasteiger partial charge is 0.292 e. The highest BCUT2D eigenvalue weighted by Gasteiger charge is 2.20. The molecule has 4 heteroatoms. The van der Waals surface area contributed by atoms with E-state index >= 15 is 0 Å². The first-order chi connectivity index (χ1) is 8.08. The van der Waals surface area contributed by atoms with Crippen LogP contribution in [0.5, 0.6) is 0 Å². The van der Waals surface area contributed by atoms with Gasteiger partial charge < -0.3 is 0 Å². The van der Waals surface area contributed by atoms with E-state index in [0.29, 0.717) is 10.6 Å². The Balaban J connectivity index is 2.23. The summed E-state index contributed by atoms with van der Waals surface area (Å²) >= 11 is 10.8. The van der Waals surface area contributed by atoms with Crippen molar-refractivity contribution in [3.8, 4) is 0 Å². The summed E-state index contributed by atoms with van der Waals surface area (Å²) in [5, 5.41) is 2.68. The summed E-state index contributed by atoms with van der Waals surface area (Å²) in [6.45, 7) is 2.02. The molecule has 1 aromatic carbocycles. The molecule has 88 valence electrons. The van der Waals surface area contributed by atoms with Crippen molar-refractivity contribution in [3.63, 3.8) is 0 Å². The average molecular weight is 330 g/mol. The Hall–Kier alpha value is -0.640. The Kier molecular flexibility index (Phi) is 4.02. The van der Waals surface area contributed by atoms with Crippen LogP contribution in [0.3, 0.4) is 0 Å². The van der Waals surface area contributed by atoms with Gasteiger partial charge in [-0.2, -0.15) is 0 Å². The minimum Gasteiger partial charge on any atom is -0.292 e. The molecule has 1 atom stereocenters. The highest BCUT2D eigenvalue weighted by Crippen LogP contribution is 2.32. The Labute approximate surface area is 118 Å². The number of rotatable bonds is 3. The van der Waals surface area contributed by atoms with Crippen LogP contribution in [-0.2, 0) is 0 Å². The number of alkyl halides is 1. The summed E-state index contributed by atoms with van der Waals surface area (Å²) in [6, 6.07) is 8.99. The summed E-state index contributed by atoms with van der Waals surface area (Å²) in [4.78, 5) is 12.9. The van der Waals surface area contributed by atoms with Gasteiger partial charge in [-0.15, -0.1) is 11.3 Å². The van der Waals surface area contributed by atoms with Gasteiger partial charge in [0.2, 0.25) is 0 Å². The molecular formula is C13H10BrClOS. The number of halogens is 2. The van der Waals surface area contributed by atoms with E-state index < -0.39 is 0 Å². The molecule has 0 aliphatic heterocycles. The molecule has 2 aromatic rings. The number of carbonyl (C=O) groups is 1. The standard InChI is InChI=1S/C13H10BrClOS/c1-8-6-11(17-7-8)12(14)13(16)9-2-4-10(15)5-3-9/h2-7,12H,1H3. The number of aryl methyl sites for hydroxylation is 1. The third kappa shape index (κ3) is 2.97. The summed E-state index contributed by atoms with van der Waals surface area (Å²) in [7, 11) is 0. The van der Waals surface area contributed by atoms with Crippen LogP contribution in [-0.4, -0.2) is 5.78 Å². The van der Waals surface area contributed by atoms with Crippen molar-refractivity contribution in [2.45, 2.75) is 11.8 Å². The quantitative estimate of drug-likeness (QED) is 0.570. The number of thiophene rings is 1. The molecule has 1 nitrogen and oxygen atoms in total. The van der Waals surface area contributed by atoms with Crippen LogP contribution in [0.4, 0.5) is 0 Å². The van der Waals surface area contributed by atoms with Gasteiger partial charge in [-0.1, -0.05) is 27.5 Å². The lowest BCUT2D eigenvalue weighted by atomic mass is 10.1. The minimum absolute atomic E-state index is 0.0588. The normalized spacial score (nSPS) is 12.4. The van der Waals surface area contributed by atoms with E-state index in [9.17, 15) is 4.79 Å². The second-order valence-electron chi connectivity index (χ2n) is 3.76. The third-order valence-corrected chi connectivity index (χ3v) is 4.94. The van der Waals surface area contributed by atoms with Gasteiger partial charge in [-0.05, 0) is 48.2 Å². The topological polar surface area (TPSA) is 17.1 Å². The molecule has 0 saturated carbocycles. The van der Waals surface area contributed by atoms with Crippen LogP contribution >= 0.6 is 38.9 Å². The second-order valence-corrected chi connectivity index (χ2v) is 6.06. The molecule has 0 aliphatic rings. The summed E-state index contributed by atoms with van der Waals surface area (Å²) in [6.07, 6.45) is 0. The molecule has 0 spiro atoms. The Bertz CT molecular complexity index is 533. The molecule has 0 radical (unpaired) electrons. The first kappa shape index (κ1) is 12.8. The lowest BCUT2D eigenvalue weighted by Gasteiger charge is -2.06. The summed E-state index contributed by atoms with van der Waals surface area (Å²) < 4.78 is 0. The summed E-state index contributed by atoms with van der Waals surface area (Å²) in [5.41, 5.74) is 1.85. The van der Waals surface area contributed by atoms with Crippen LogP contribution in [0, 0.1) is 6.92 Å². The summed E-state index contributed by atoms with van der Waals surface area (Å²) in [5.74, 6) is 0.0588. The fourth-order valence-corrected chi connectivity index (χ4v) is 3.19. The predicted molar refractivity (Wildman–Crippen MR) is 76.5 cm³/mol. The SMILES string of the molecule is Cc1csc(C(Br)C(=O)c2ccc(Cl)cc2)c1. The van der Waals surface area contributed by atoms with Gasteiger partial charge in [0.15, 0.2) is 5.78 Å². The van der Waals surface area contributed by atoms with Crippen molar-refractivity contribution in [1.82, 2.24) is 0 Å². The van der Waals surface area contributed by atoms with Gasteiger partial charge in [0, 0.05) is 15.5 Å². The molecule has 1 heterocycles. The van der Waals surface area contributed by atoms with E-state index in [0.717, 1.165) is 4.88 Å². The van der Waals surface area contributed by atoms with Crippen LogP contribution in [0.1, 0.15) is 25.6 Å². The number of hydrogen-bond acceptors (Lipinski definition) is 2. The Morgan fingerprint density at radius 1 is 1.35 bits per heavy atom. The van der Waals surface area contributed by atoms with Gasteiger partial charge in [0.05, 0.1) is 0 Å². The first-order valence-electron chi connectivity index (χ1n) is 5.07. The van der Waals surface area contributed by atoms with Gasteiger partial charge in [-0.25, -0.2) is 0 Å². The van der Waals surface area contributed by atoms with Crippen molar-refractivity contribution in [2.75, 3.05) is 0 Å². The lowest BCUT2D eigenvalue weighted by Crippen LogP contribution is -2.05. The van der Waals surface area contributed by atoms with Crippen molar-refractivity contribution in [1.29, 1.82) is 0 Å². The molecule has 0 fully saturated rings. The van der Waals surface area contributed by atoms with Crippen LogP contribution in [0.15, 0.2) is 35.7 Å². The highest BCUT2D eigenvalue weighted by atomic mass is 79.9. The van der Waals surface area contributed by atoms with Crippen LogP contribution in [0.2, 0.25) is 5.02 Å². The van der Waals surface area contributed by atoms with Gasteiger partial charge >= 0.3 is 0 Å². The second kappa shape index (κ2) is 5.34. The molecule has 1 aromatic heterocycles. The molecule has 0 aliphatic carbocycles. The van der Waals surface area contributed by atoms with E-state index in [4.69, 9.17) is 11.6 Å². The van der Waals surface area contributed by atoms with Gasteiger partial charge in [-0.3, -0.25) is 4.79 Å². The maximum absolute atomic E-state index is 12.2. The molecule has 0 N–H and O–H groups in total. The van der Waals surface area contributed by atoms with Gasteiger partial charge in [0.1, 0.15) is 4.83 Å². The fraction of sp³-hybridized carbons (Fsp3) is 0.154. The number of Topliss-reactive ketones (excluding diaryl/α,β-unsaturated/α-hetero) is 1. The average Bonchev–Trinajstić information content (AvgIpc) is 2.75. The molecule has 0 saturated heterocycles. The van der Waals surface area contributed by atoms with Crippen molar-refractivity contribution < 1.29 is 4.79 Å². The first-order valence-corrected chi connectivity index (χ1v) is 7.24. The Morgan fingerprint density at radius 2 is 2.00 bits per heavy atom. The molecule has 1 unspecified atom stereocenters. The van der Waals surface area contributed by atoms with Crippen LogP contribution < -0.4 is 0 Å². The maximum atomic E-state index is 12.2. The zero-order valence-electron chi connectivity index (χ0n) is 9.11. The molecule has 0 amide bonds. The van der Waals surface area contributed by atoms with E-state index in [2.05, 4.69) is 15.9 Å².